The van der Waals surface area contributed by atoms with Crippen LogP contribution < -0.4 is 21.5 Å². The second-order valence-corrected chi connectivity index (χ2v) is 8.88. The summed E-state index contributed by atoms with van der Waals surface area (Å²) in [7, 11) is 0. The van der Waals surface area contributed by atoms with Crippen molar-refractivity contribution >= 4 is 34.2 Å². The van der Waals surface area contributed by atoms with Crippen LogP contribution in [-0.4, -0.2) is 46.3 Å². The van der Waals surface area contributed by atoms with Crippen molar-refractivity contribution in [3.8, 4) is 0 Å². The van der Waals surface area contributed by atoms with Crippen LogP contribution in [0.25, 0.3) is 10.9 Å². The molecule has 3 heterocycles. The van der Waals surface area contributed by atoms with E-state index in [1.807, 2.05) is 4.90 Å². The van der Waals surface area contributed by atoms with Gasteiger partial charge < -0.3 is 20.3 Å². The van der Waals surface area contributed by atoms with Crippen LogP contribution in [0.2, 0.25) is 5.02 Å². The van der Waals surface area contributed by atoms with Gasteiger partial charge in [-0.1, -0.05) is 23.7 Å². The zero-order valence-corrected chi connectivity index (χ0v) is 18.0. The molecule has 3 atom stereocenters. The average molecular weight is 455 g/mol. The molecule has 0 spiro atoms. The number of aliphatic carboxylic acids is 1. The third-order valence-corrected chi connectivity index (χ3v) is 6.71. The Balaban J connectivity index is 1.70. The van der Waals surface area contributed by atoms with Crippen LogP contribution in [-0.2, 0) is 4.79 Å². The molecule has 0 radical (unpaired) electrons. The predicted octanol–water partition coefficient (Wildman–Crippen LogP) is 2.21. The Morgan fingerprint density at radius 2 is 2.00 bits per heavy atom. The van der Waals surface area contributed by atoms with Gasteiger partial charge in [-0.05, 0) is 62.2 Å². The first-order valence-electron chi connectivity index (χ1n) is 10.7. The summed E-state index contributed by atoms with van der Waals surface area (Å²) in [6, 6.07) is 9.76. The highest BCUT2D eigenvalue weighted by Crippen LogP contribution is 2.43. The van der Waals surface area contributed by atoms with Crippen molar-refractivity contribution in [2.24, 2.45) is 5.92 Å². The number of nitrogens with one attached hydrogen (secondary N) is 2. The Morgan fingerprint density at radius 3 is 2.75 bits per heavy atom. The van der Waals surface area contributed by atoms with Gasteiger partial charge in [0.15, 0.2) is 6.04 Å². The lowest BCUT2D eigenvalue weighted by molar-refractivity contribution is -0.139. The number of nitrogens with zero attached hydrogens (tertiary/aromatic N) is 2. The quantitative estimate of drug-likeness (QED) is 0.558. The maximum absolute atomic E-state index is 13.4. The van der Waals surface area contributed by atoms with Crippen LogP contribution in [0.4, 0.5) is 5.69 Å². The standard InChI is InChI=1S/C23H23ClN4O4/c24-14-7-8-18-16(10-14)19(20(22(30)31)27(18)12-13-4-3-9-25-11-13)28-21(29)15-5-1-2-6-17(15)26-23(28)32/h1-2,5-8,10,13,19-20,25H,3-4,9,11-12H2,(H,26,32)(H,30,31). The van der Waals surface area contributed by atoms with E-state index in [-0.39, 0.29) is 5.92 Å². The molecule has 3 N–H and O–H groups in total. The first kappa shape index (κ1) is 20.8. The minimum Gasteiger partial charge on any atom is -0.480 e. The summed E-state index contributed by atoms with van der Waals surface area (Å²) in [6.07, 6.45) is 2.01. The van der Waals surface area contributed by atoms with Gasteiger partial charge in [0.1, 0.15) is 0 Å². The number of aromatic amines is 1. The van der Waals surface area contributed by atoms with Crippen molar-refractivity contribution in [2.45, 2.75) is 24.9 Å². The smallest absolute Gasteiger partial charge is 0.329 e. The Labute approximate surface area is 188 Å². The molecule has 3 aromatic rings. The molecule has 166 valence electrons. The van der Waals surface area contributed by atoms with Crippen molar-refractivity contribution < 1.29 is 9.90 Å². The third-order valence-electron chi connectivity index (χ3n) is 6.47. The maximum Gasteiger partial charge on any atom is 0.329 e. The molecule has 0 bridgehead atoms. The molecule has 9 heteroatoms. The van der Waals surface area contributed by atoms with Crippen molar-refractivity contribution in [3.05, 3.63) is 73.9 Å². The first-order valence-corrected chi connectivity index (χ1v) is 11.1. The van der Waals surface area contributed by atoms with Crippen LogP contribution in [0.15, 0.2) is 52.1 Å². The van der Waals surface area contributed by atoms with Crippen molar-refractivity contribution in [2.75, 3.05) is 24.5 Å². The minimum absolute atomic E-state index is 0.263. The molecule has 32 heavy (non-hydrogen) atoms. The summed E-state index contributed by atoms with van der Waals surface area (Å²) in [5.41, 5.74) is 0.512. The summed E-state index contributed by atoms with van der Waals surface area (Å²) in [5.74, 6) is -0.829. The lowest BCUT2D eigenvalue weighted by atomic mass is 9.98. The van der Waals surface area contributed by atoms with Crippen molar-refractivity contribution in [3.63, 3.8) is 0 Å². The fraction of sp³-hybridized carbons (Fsp3) is 0.348. The van der Waals surface area contributed by atoms with Crippen molar-refractivity contribution in [1.29, 1.82) is 0 Å². The lowest BCUT2D eigenvalue weighted by Gasteiger charge is -2.33. The largest absolute Gasteiger partial charge is 0.480 e. The van der Waals surface area contributed by atoms with E-state index in [2.05, 4.69) is 10.3 Å². The van der Waals surface area contributed by atoms with E-state index >= 15 is 0 Å². The number of H-pyrrole nitrogens is 1. The van der Waals surface area contributed by atoms with E-state index in [1.165, 1.54) is 0 Å². The Bertz CT molecular complexity index is 1310. The molecular weight excluding hydrogens is 432 g/mol. The normalized spacial score (nSPS) is 22.8. The summed E-state index contributed by atoms with van der Waals surface area (Å²) >= 11 is 6.27. The number of anilines is 1. The van der Waals surface area contributed by atoms with Crippen LogP contribution >= 0.6 is 11.6 Å². The molecule has 2 aliphatic rings. The number of fused-ring (bicyclic) bond motifs is 2. The van der Waals surface area contributed by atoms with E-state index in [4.69, 9.17) is 11.6 Å². The Morgan fingerprint density at radius 1 is 1.19 bits per heavy atom. The number of rotatable bonds is 4. The molecule has 2 aliphatic heterocycles. The van der Waals surface area contributed by atoms with E-state index < -0.39 is 29.3 Å². The van der Waals surface area contributed by atoms with E-state index in [1.54, 1.807) is 42.5 Å². The van der Waals surface area contributed by atoms with Gasteiger partial charge in [-0.25, -0.2) is 14.2 Å². The molecule has 0 aliphatic carbocycles. The third kappa shape index (κ3) is 3.40. The van der Waals surface area contributed by atoms with E-state index in [9.17, 15) is 19.5 Å². The molecule has 2 aromatic carbocycles. The number of halogens is 1. The van der Waals surface area contributed by atoms with Gasteiger partial charge >= 0.3 is 11.7 Å². The van der Waals surface area contributed by atoms with Crippen molar-refractivity contribution in [1.82, 2.24) is 14.9 Å². The Kier molecular flexibility index (Phi) is 5.27. The molecule has 0 saturated carbocycles. The number of piperidine rings is 1. The number of aromatic nitrogens is 2. The van der Waals surface area contributed by atoms with Gasteiger partial charge in [-0.3, -0.25) is 4.79 Å². The first-order chi connectivity index (χ1) is 15.5. The Hall–Kier alpha value is -3.10. The topological polar surface area (TPSA) is 107 Å². The maximum atomic E-state index is 13.4. The number of carboxylic acids is 1. The van der Waals surface area contributed by atoms with Gasteiger partial charge in [0.2, 0.25) is 0 Å². The number of carboxylic acid groups (broad SMARTS) is 1. The highest BCUT2D eigenvalue weighted by molar-refractivity contribution is 6.30. The molecule has 8 nitrogen and oxygen atoms in total. The average Bonchev–Trinajstić information content (AvgIpc) is 3.08. The van der Waals surface area contributed by atoms with Gasteiger partial charge in [-0.15, -0.1) is 0 Å². The zero-order chi connectivity index (χ0) is 22.4. The minimum atomic E-state index is -1.11. The zero-order valence-electron chi connectivity index (χ0n) is 17.3. The van der Waals surface area contributed by atoms with Crippen LogP contribution in [0.1, 0.15) is 24.4 Å². The summed E-state index contributed by atoms with van der Waals surface area (Å²) in [4.78, 5) is 43.5. The highest BCUT2D eigenvalue weighted by Gasteiger charge is 2.46. The molecule has 1 saturated heterocycles. The van der Waals surface area contributed by atoms with Gasteiger partial charge in [-0.2, -0.15) is 0 Å². The second kappa shape index (κ2) is 8.11. The SMILES string of the molecule is O=C(O)C1C(n2c(=O)[nH]c3ccccc3c2=O)c2cc(Cl)ccc2N1CC1CCCNC1. The number of para-hydroxylation sites is 1. The number of hydrogen-bond donors (Lipinski definition) is 3. The molecule has 5 rings (SSSR count). The molecule has 1 aromatic heterocycles. The molecular formula is C23H23ClN4O4. The van der Waals surface area contributed by atoms with Crippen LogP contribution in [0, 0.1) is 5.92 Å². The number of carbonyl (C=O) groups is 1. The molecule has 3 unspecified atom stereocenters. The second-order valence-electron chi connectivity index (χ2n) is 8.45. The van der Waals surface area contributed by atoms with Crippen LogP contribution in [0.3, 0.4) is 0 Å². The number of hydrogen-bond acceptors (Lipinski definition) is 5. The van der Waals surface area contributed by atoms with Gasteiger partial charge in [0, 0.05) is 22.8 Å². The van der Waals surface area contributed by atoms with Gasteiger partial charge in [0.25, 0.3) is 5.56 Å². The number of benzene rings is 2. The van der Waals surface area contributed by atoms with Crippen LogP contribution in [0.5, 0.6) is 0 Å². The fourth-order valence-electron chi connectivity index (χ4n) is 5.06. The summed E-state index contributed by atoms with van der Waals surface area (Å²) in [5, 5.41) is 14.4. The predicted molar refractivity (Wildman–Crippen MR) is 123 cm³/mol. The molecule has 1 fully saturated rings. The fourth-order valence-corrected chi connectivity index (χ4v) is 5.24. The lowest BCUT2D eigenvalue weighted by Crippen LogP contribution is -2.50. The summed E-state index contributed by atoms with van der Waals surface area (Å²) in [6.45, 7) is 2.26. The summed E-state index contributed by atoms with van der Waals surface area (Å²) < 4.78 is 1.04. The van der Waals surface area contributed by atoms with Gasteiger partial charge in [0.05, 0.1) is 16.9 Å². The van der Waals surface area contributed by atoms with E-state index in [0.717, 1.165) is 30.5 Å². The highest BCUT2D eigenvalue weighted by atomic mass is 35.5. The molecule has 0 amide bonds. The monoisotopic (exact) mass is 454 g/mol. The van der Waals surface area contributed by atoms with E-state index in [0.29, 0.717) is 33.7 Å².